The summed E-state index contributed by atoms with van der Waals surface area (Å²) < 4.78 is 0. The number of carbonyl (C=O) groups excluding carboxylic acids is 1. The molecule has 0 bridgehead atoms. The molecule has 0 saturated carbocycles. The van der Waals surface area contributed by atoms with Gasteiger partial charge in [-0.2, -0.15) is 0 Å². The summed E-state index contributed by atoms with van der Waals surface area (Å²) in [4.78, 5) is 14.6. The molecule has 3 rings (SSSR count). The van der Waals surface area contributed by atoms with Crippen LogP contribution in [0.2, 0.25) is 0 Å². The van der Waals surface area contributed by atoms with E-state index in [1.165, 1.54) is 18.4 Å². The standard InChI is InChI=1S/C17H25N3O/c1-2-6-15(14-7-4-3-5-8-14)20-11-9-17(10-12-20)16(21)18-13-19-17/h3-5,7-8,15,19H,2,6,9-13H2,1H3,(H,18,21). The lowest BCUT2D eigenvalue weighted by Gasteiger charge is -2.41. The fourth-order valence-electron chi connectivity index (χ4n) is 3.67. The van der Waals surface area contributed by atoms with Crippen LogP contribution >= 0.6 is 0 Å². The van der Waals surface area contributed by atoms with Crippen LogP contribution in [-0.4, -0.2) is 36.1 Å². The Balaban J connectivity index is 1.70. The summed E-state index contributed by atoms with van der Waals surface area (Å²) >= 11 is 0. The Labute approximate surface area is 126 Å². The van der Waals surface area contributed by atoms with E-state index >= 15 is 0 Å². The van der Waals surface area contributed by atoms with Crippen LogP contribution in [0.5, 0.6) is 0 Å². The van der Waals surface area contributed by atoms with Gasteiger partial charge in [-0.15, -0.1) is 0 Å². The van der Waals surface area contributed by atoms with E-state index < -0.39 is 0 Å². The molecule has 2 saturated heterocycles. The Morgan fingerprint density at radius 1 is 1.24 bits per heavy atom. The molecule has 1 unspecified atom stereocenters. The summed E-state index contributed by atoms with van der Waals surface area (Å²) in [5.74, 6) is 0.189. The highest BCUT2D eigenvalue weighted by atomic mass is 16.2. The number of hydrogen-bond acceptors (Lipinski definition) is 3. The Kier molecular flexibility index (Phi) is 4.27. The van der Waals surface area contributed by atoms with Gasteiger partial charge in [0.15, 0.2) is 0 Å². The highest BCUT2D eigenvalue weighted by molar-refractivity contribution is 5.88. The van der Waals surface area contributed by atoms with Crippen molar-refractivity contribution < 1.29 is 4.79 Å². The summed E-state index contributed by atoms with van der Waals surface area (Å²) in [6.45, 7) is 4.84. The first-order valence-corrected chi connectivity index (χ1v) is 8.07. The minimum atomic E-state index is -0.302. The second-order valence-electron chi connectivity index (χ2n) is 6.19. The molecule has 2 heterocycles. The lowest BCUT2D eigenvalue weighted by molar-refractivity contribution is -0.126. The fourth-order valence-corrected chi connectivity index (χ4v) is 3.67. The molecular formula is C17H25N3O. The van der Waals surface area contributed by atoms with Crippen LogP contribution < -0.4 is 10.6 Å². The minimum Gasteiger partial charge on any atom is -0.342 e. The van der Waals surface area contributed by atoms with Crippen LogP contribution in [0.15, 0.2) is 30.3 Å². The third kappa shape index (κ3) is 2.83. The number of amides is 1. The quantitative estimate of drug-likeness (QED) is 0.891. The van der Waals surface area contributed by atoms with Gasteiger partial charge in [0, 0.05) is 19.1 Å². The average Bonchev–Trinajstić information content (AvgIpc) is 2.88. The van der Waals surface area contributed by atoms with Gasteiger partial charge in [0.05, 0.1) is 6.67 Å². The third-order valence-electron chi connectivity index (χ3n) is 4.95. The number of piperidine rings is 1. The molecule has 2 N–H and O–H groups in total. The molecule has 1 spiro atoms. The third-order valence-corrected chi connectivity index (χ3v) is 4.95. The molecule has 114 valence electrons. The Morgan fingerprint density at radius 2 is 1.95 bits per heavy atom. The Bertz CT molecular complexity index is 480. The summed E-state index contributed by atoms with van der Waals surface area (Å²) in [6.07, 6.45) is 4.17. The predicted molar refractivity (Wildman–Crippen MR) is 83.8 cm³/mol. The number of nitrogens with zero attached hydrogens (tertiary/aromatic N) is 1. The highest BCUT2D eigenvalue weighted by Gasteiger charge is 2.45. The highest BCUT2D eigenvalue weighted by Crippen LogP contribution is 2.32. The maximum atomic E-state index is 12.0. The van der Waals surface area contributed by atoms with E-state index in [4.69, 9.17) is 0 Å². The van der Waals surface area contributed by atoms with E-state index in [1.54, 1.807) is 0 Å². The van der Waals surface area contributed by atoms with Crippen molar-refractivity contribution in [1.82, 2.24) is 15.5 Å². The molecule has 2 aliphatic rings. The second kappa shape index (κ2) is 6.16. The van der Waals surface area contributed by atoms with Crippen LogP contribution in [0.3, 0.4) is 0 Å². The van der Waals surface area contributed by atoms with Gasteiger partial charge in [0.1, 0.15) is 5.54 Å². The lowest BCUT2D eigenvalue weighted by Crippen LogP contribution is -2.55. The largest absolute Gasteiger partial charge is 0.342 e. The van der Waals surface area contributed by atoms with Gasteiger partial charge in [-0.1, -0.05) is 43.7 Å². The Morgan fingerprint density at radius 3 is 2.52 bits per heavy atom. The molecular weight excluding hydrogens is 262 g/mol. The number of likely N-dealkylation sites (tertiary alicyclic amines) is 1. The molecule has 21 heavy (non-hydrogen) atoms. The van der Waals surface area contributed by atoms with Crippen molar-refractivity contribution >= 4 is 5.91 Å². The van der Waals surface area contributed by atoms with Crippen LogP contribution in [0.1, 0.15) is 44.2 Å². The molecule has 2 aliphatic heterocycles. The van der Waals surface area contributed by atoms with Crippen LogP contribution in [0, 0.1) is 0 Å². The van der Waals surface area contributed by atoms with Gasteiger partial charge in [-0.05, 0) is 24.8 Å². The number of carbonyl (C=O) groups is 1. The van der Waals surface area contributed by atoms with Crippen molar-refractivity contribution in [2.24, 2.45) is 0 Å². The smallest absolute Gasteiger partial charge is 0.241 e. The second-order valence-corrected chi connectivity index (χ2v) is 6.19. The zero-order valence-electron chi connectivity index (χ0n) is 12.8. The number of hydrogen-bond donors (Lipinski definition) is 2. The van der Waals surface area contributed by atoms with Crippen molar-refractivity contribution in [3.8, 4) is 0 Å². The van der Waals surface area contributed by atoms with Gasteiger partial charge in [0.25, 0.3) is 0 Å². The van der Waals surface area contributed by atoms with Crippen LogP contribution in [-0.2, 0) is 4.79 Å². The zero-order valence-corrected chi connectivity index (χ0v) is 12.8. The maximum Gasteiger partial charge on any atom is 0.241 e. The Hall–Kier alpha value is -1.39. The van der Waals surface area contributed by atoms with E-state index in [9.17, 15) is 4.79 Å². The molecule has 4 nitrogen and oxygen atoms in total. The first-order chi connectivity index (χ1) is 10.2. The van der Waals surface area contributed by atoms with Crippen molar-refractivity contribution in [2.45, 2.75) is 44.2 Å². The van der Waals surface area contributed by atoms with Gasteiger partial charge in [0.2, 0.25) is 5.91 Å². The van der Waals surface area contributed by atoms with Gasteiger partial charge in [-0.25, -0.2) is 0 Å². The molecule has 1 atom stereocenters. The first kappa shape index (κ1) is 14.5. The number of rotatable bonds is 4. The average molecular weight is 287 g/mol. The van der Waals surface area contributed by atoms with E-state index in [-0.39, 0.29) is 11.4 Å². The molecule has 2 fully saturated rings. The van der Waals surface area contributed by atoms with E-state index in [1.807, 2.05) is 0 Å². The first-order valence-electron chi connectivity index (χ1n) is 8.07. The minimum absolute atomic E-state index is 0.189. The lowest BCUT2D eigenvalue weighted by atomic mass is 9.86. The summed E-state index contributed by atoms with van der Waals surface area (Å²) in [6, 6.07) is 11.3. The predicted octanol–water partition coefficient (Wildman–Crippen LogP) is 2.04. The molecule has 0 aliphatic carbocycles. The van der Waals surface area contributed by atoms with Gasteiger partial charge in [-0.3, -0.25) is 15.0 Å². The molecule has 1 aromatic rings. The summed E-state index contributed by atoms with van der Waals surface area (Å²) in [5.41, 5.74) is 1.10. The monoisotopic (exact) mass is 287 g/mol. The normalized spacial score (nSPS) is 23.2. The van der Waals surface area contributed by atoms with E-state index in [0.717, 1.165) is 25.9 Å². The molecule has 0 radical (unpaired) electrons. The summed E-state index contributed by atoms with van der Waals surface area (Å²) in [5, 5.41) is 6.28. The molecule has 1 amide bonds. The van der Waals surface area contributed by atoms with Crippen molar-refractivity contribution in [1.29, 1.82) is 0 Å². The number of benzene rings is 1. The molecule has 1 aromatic carbocycles. The van der Waals surface area contributed by atoms with Gasteiger partial charge >= 0.3 is 0 Å². The van der Waals surface area contributed by atoms with Crippen LogP contribution in [0.4, 0.5) is 0 Å². The van der Waals surface area contributed by atoms with E-state index in [2.05, 4.69) is 52.8 Å². The van der Waals surface area contributed by atoms with Gasteiger partial charge < -0.3 is 5.32 Å². The SMILES string of the molecule is CCCC(c1ccccc1)N1CCC2(CC1)NCNC2=O. The van der Waals surface area contributed by atoms with Crippen molar-refractivity contribution in [2.75, 3.05) is 19.8 Å². The summed E-state index contributed by atoms with van der Waals surface area (Å²) in [7, 11) is 0. The molecule has 4 heteroatoms. The zero-order chi connectivity index (χ0) is 14.7. The van der Waals surface area contributed by atoms with E-state index in [0.29, 0.717) is 12.7 Å². The number of nitrogens with one attached hydrogen (secondary N) is 2. The maximum absolute atomic E-state index is 12.0. The van der Waals surface area contributed by atoms with Crippen LogP contribution in [0.25, 0.3) is 0 Å². The topological polar surface area (TPSA) is 44.4 Å². The van der Waals surface area contributed by atoms with Crippen molar-refractivity contribution in [3.63, 3.8) is 0 Å². The molecule has 0 aromatic heterocycles. The fraction of sp³-hybridized carbons (Fsp3) is 0.588. The van der Waals surface area contributed by atoms with Crippen molar-refractivity contribution in [3.05, 3.63) is 35.9 Å².